The van der Waals surface area contributed by atoms with E-state index < -0.39 is 6.85 Å². The number of aryl methyl sites for hydroxylation is 1. The van der Waals surface area contributed by atoms with Crippen LogP contribution in [0, 0.1) is 24.8 Å². The van der Waals surface area contributed by atoms with E-state index in [0.717, 1.165) is 27.6 Å². The van der Waals surface area contributed by atoms with Crippen LogP contribution >= 0.6 is 0 Å². The largest absolute Gasteiger partial charge is 0.512 e. The molecular weight excluding hydrogens is 653 g/mol. The molecule has 1 N–H and O–H groups in total. The van der Waals surface area contributed by atoms with Crippen molar-refractivity contribution in [2.45, 2.75) is 34.5 Å². The van der Waals surface area contributed by atoms with Crippen LogP contribution in [0.2, 0.25) is 0 Å². The minimum Gasteiger partial charge on any atom is -0.512 e. The fourth-order valence-electron chi connectivity index (χ4n) is 3.67. The van der Waals surface area contributed by atoms with Gasteiger partial charge in [0.05, 0.1) is 11.3 Å². The standard InChI is InChI=1S/C23H15N2O.C9H16O2.Ir/c1-15-10-11-19-18-8-5-9-20(22(18)26-23(19)25-15)21-14-17(12-13-24-21)16-6-3-2-4-7-16;1-6(2)8(10)5-9(11)7(3)4;/h2-8,10-14H,1H3;5-7,10H,1-4H3;/q-1;;/b;8-5-;/i1D3;;. The van der Waals surface area contributed by atoms with Gasteiger partial charge in [0.2, 0.25) is 5.71 Å². The number of carbonyl (C=O) groups excluding carboxylic acids is 1. The first-order chi connectivity index (χ1) is 19.0. The van der Waals surface area contributed by atoms with Crippen molar-refractivity contribution in [1.29, 1.82) is 0 Å². The zero-order chi connectivity index (χ0) is 29.0. The normalized spacial score (nSPS) is 12.9. The monoisotopic (exact) mass is 687 g/mol. The molecule has 0 aliphatic rings. The van der Waals surface area contributed by atoms with E-state index >= 15 is 0 Å². The van der Waals surface area contributed by atoms with Gasteiger partial charge < -0.3 is 14.5 Å². The quantitative estimate of drug-likeness (QED) is 0.115. The number of carbonyl (C=O) groups is 1. The minimum atomic E-state index is -2.28. The molecule has 0 aliphatic carbocycles. The van der Waals surface area contributed by atoms with E-state index in [-0.39, 0.29) is 49.2 Å². The number of aliphatic hydroxyl groups excluding tert-OH is 1. The summed E-state index contributed by atoms with van der Waals surface area (Å²) in [6, 6.07) is 24.2. The Hall–Kier alpha value is -3.60. The number of pyridine rings is 2. The number of furan rings is 1. The third-order valence-electron chi connectivity index (χ3n) is 5.87. The number of fused-ring (bicyclic) bond motifs is 3. The van der Waals surface area contributed by atoms with Gasteiger partial charge in [-0.1, -0.05) is 75.0 Å². The van der Waals surface area contributed by atoms with Gasteiger partial charge in [0.15, 0.2) is 5.78 Å². The topological polar surface area (TPSA) is 76.2 Å². The average molecular weight is 687 g/mol. The third kappa shape index (κ3) is 6.63. The molecule has 0 spiro atoms. The smallest absolute Gasteiger partial charge is 0.216 e. The molecule has 5 aromatic rings. The van der Waals surface area contributed by atoms with E-state index in [9.17, 15) is 9.90 Å². The number of hydrogen-bond acceptors (Lipinski definition) is 5. The summed E-state index contributed by atoms with van der Waals surface area (Å²) in [7, 11) is 0. The van der Waals surface area contributed by atoms with Gasteiger partial charge in [-0.15, -0.1) is 18.2 Å². The van der Waals surface area contributed by atoms with Crippen LogP contribution in [0.1, 0.15) is 37.5 Å². The number of nitrogens with zero attached hydrogens (tertiary/aromatic N) is 2. The van der Waals surface area contributed by atoms with E-state index in [4.69, 9.17) is 8.53 Å². The van der Waals surface area contributed by atoms with Gasteiger partial charge in [-0.05, 0) is 41.9 Å². The molecule has 0 fully saturated rings. The molecule has 0 amide bonds. The Morgan fingerprint density at radius 1 is 1.00 bits per heavy atom. The van der Waals surface area contributed by atoms with Crippen LogP contribution < -0.4 is 0 Å². The third-order valence-corrected chi connectivity index (χ3v) is 5.87. The second kappa shape index (κ2) is 12.8. The number of rotatable bonds is 5. The molecule has 1 radical (unpaired) electrons. The Balaban J connectivity index is 0.000000331. The first kappa shape index (κ1) is 24.7. The maximum absolute atomic E-state index is 11.0. The van der Waals surface area contributed by atoms with Gasteiger partial charge in [-0.2, -0.15) is 0 Å². The fraction of sp³-hybridized carbons (Fsp3) is 0.219. The van der Waals surface area contributed by atoms with Crippen molar-refractivity contribution in [3.8, 4) is 22.4 Å². The van der Waals surface area contributed by atoms with Crippen molar-refractivity contribution in [3.63, 3.8) is 0 Å². The molecule has 3 aromatic heterocycles. The number of ketones is 1. The Morgan fingerprint density at radius 2 is 1.76 bits per heavy atom. The van der Waals surface area contributed by atoms with E-state index in [1.165, 1.54) is 12.1 Å². The predicted octanol–water partition coefficient (Wildman–Crippen LogP) is 8.13. The number of aromatic nitrogens is 2. The second-order valence-electron chi connectivity index (χ2n) is 9.32. The molecular formula is C32H31IrN2O3-. The molecule has 0 unspecified atom stereocenters. The Kier molecular flexibility index (Phi) is 8.31. The molecule has 5 nitrogen and oxygen atoms in total. The van der Waals surface area contributed by atoms with Crippen molar-refractivity contribution in [2.75, 3.05) is 0 Å². The van der Waals surface area contributed by atoms with Crippen LogP contribution in [0.15, 0.2) is 89.2 Å². The van der Waals surface area contributed by atoms with Gasteiger partial charge in [0.25, 0.3) is 0 Å². The summed E-state index contributed by atoms with van der Waals surface area (Å²) in [5.74, 6) is 0.161. The summed E-state index contributed by atoms with van der Waals surface area (Å²) in [6.07, 6.45) is 3.08. The van der Waals surface area contributed by atoms with Crippen LogP contribution in [-0.4, -0.2) is 20.9 Å². The SMILES string of the molecule is CC(C)C(=O)/C=C(\O)C(C)C.[2H]C([2H])([2H])c1ccc2c(n1)oc1c(-c3cc(-c4ccccc4)ccn3)[c-]ccc12.[Ir]. The zero-order valence-electron chi connectivity index (χ0n) is 24.7. The summed E-state index contributed by atoms with van der Waals surface area (Å²) in [5, 5.41) is 10.8. The average Bonchev–Trinajstić information content (AvgIpc) is 3.31. The predicted molar refractivity (Wildman–Crippen MR) is 149 cm³/mol. The Bertz CT molecular complexity index is 1680. The summed E-state index contributed by atoms with van der Waals surface area (Å²) < 4.78 is 28.7. The van der Waals surface area contributed by atoms with Gasteiger partial charge in [-0.3, -0.25) is 4.79 Å². The van der Waals surface area contributed by atoms with Gasteiger partial charge in [-0.25, -0.2) is 4.98 Å². The Labute approximate surface area is 241 Å². The maximum atomic E-state index is 11.0. The van der Waals surface area contributed by atoms with Crippen molar-refractivity contribution in [1.82, 2.24) is 9.97 Å². The molecule has 197 valence electrons. The van der Waals surface area contributed by atoms with Crippen LogP contribution in [-0.2, 0) is 24.9 Å². The number of hydrogen-bond donors (Lipinski definition) is 1. The minimum absolute atomic E-state index is 0. The molecule has 0 saturated heterocycles. The van der Waals surface area contributed by atoms with Crippen LogP contribution in [0.4, 0.5) is 0 Å². The molecule has 6 heteroatoms. The summed E-state index contributed by atoms with van der Waals surface area (Å²) in [6.45, 7) is 5.03. The number of allylic oxidation sites excluding steroid dienone is 2. The van der Waals surface area contributed by atoms with Crippen LogP contribution in [0.5, 0.6) is 0 Å². The fourth-order valence-corrected chi connectivity index (χ4v) is 3.67. The van der Waals surface area contributed by atoms with Crippen molar-refractivity contribution >= 4 is 27.9 Å². The zero-order valence-corrected chi connectivity index (χ0v) is 24.0. The summed E-state index contributed by atoms with van der Waals surface area (Å²) in [4.78, 5) is 19.8. The summed E-state index contributed by atoms with van der Waals surface area (Å²) >= 11 is 0. The number of aliphatic hydroxyl groups is 1. The first-order valence-electron chi connectivity index (χ1n) is 13.7. The molecule has 0 atom stereocenters. The van der Waals surface area contributed by atoms with E-state index in [0.29, 0.717) is 16.9 Å². The van der Waals surface area contributed by atoms with Gasteiger partial charge >= 0.3 is 0 Å². The van der Waals surface area contributed by atoms with Crippen molar-refractivity contribution < 1.29 is 38.5 Å². The van der Waals surface area contributed by atoms with Crippen molar-refractivity contribution in [3.05, 3.63) is 96.5 Å². The maximum Gasteiger partial charge on any atom is 0.216 e. The number of benzene rings is 2. The molecule has 5 rings (SSSR count). The van der Waals surface area contributed by atoms with Crippen LogP contribution in [0.3, 0.4) is 0 Å². The van der Waals surface area contributed by atoms with Crippen molar-refractivity contribution in [2.24, 2.45) is 11.8 Å². The molecule has 0 bridgehead atoms. The van der Waals surface area contributed by atoms with E-state index in [1.54, 1.807) is 12.3 Å². The van der Waals surface area contributed by atoms with Crippen LogP contribution in [0.25, 0.3) is 44.5 Å². The van der Waals surface area contributed by atoms with E-state index in [1.807, 2.05) is 82.3 Å². The second-order valence-corrected chi connectivity index (χ2v) is 9.32. The molecule has 0 saturated carbocycles. The van der Waals surface area contributed by atoms with Gasteiger partial charge in [0.1, 0.15) is 0 Å². The summed E-state index contributed by atoms with van der Waals surface area (Å²) in [5.41, 5.74) is 4.49. The molecule has 2 aromatic carbocycles. The molecule has 0 aliphatic heterocycles. The molecule has 3 heterocycles. The van der Waals surface area contributed by atoms with Gasteiger partial charge in [0, 0.05) is 59.4 Å². The Morgan fingerprint density at radius 3 is 2.45 bits per heavy atom. The van der Waals surface area contributed by atoms with E-state index in [2.05, 4.69) is 16.0 Å². The first-order valence-corrected chi connectivity index (χ1v) is 12.2. The molecule has 38 heavy (non-hydrogen) atoms.